The van der Waals surface area contributed by atoms with Crippen LogP contribution >= 0.6 is 0 Å². The fraction of sp³-hybridized carbons (Fsp3) is 0.818. The van der Waals surface area contributed by atoms with Gasteiger partial charge in [-0.3, -0.25) is 4.79 Å². The minimum absolute atomic E-state index is 0.0451. The molecule has 0 atom stereocenters. The second-order valence-corrected chi connectivity index (χ2v) is 8.61. The first-order chi connectivity index (χ1) is 6.99. The molecule has 0 aromatic heterocycles. The summed E-state index contributed by atoms with van der Waals surface area (Å²) in [5, 5.41) is 0. The Morgan fingerprint density at radius 2 is 1.47 bits per heavy atom. The van der Waals surface area contributed by atoms with Gasteiger partial charge in [-0.2, -0.15) is 0 Å². The molecule has 0 N–H and O–H groups in total. The Bertz CT molecular complexity index is 214. The highest BCUT2D eigenvalue weighted by Crippen LogP contribution is 2.22. The van der Waals surface area contributed by atoms with Crippen molar-refractivity contribution < 1.29 is 14.0 Å². The standard InChI is InChI=1S/C11H22O3Si/c1-5-15(6-2,7-3)14-11(13)9-8-10(4)12/h5-9H2,1-4H3. The Morgan fingerprint density at radius 3 is 1.80 bits per heavy atom. The quantitative estimate of drug-likeness (QED) is 0.632. The summed E-state index contributed by atoms with van der Waals surface area (Å²) < 4.78 is 5.58. The number of ketones is 1. The predicted molar refractivity (Wildman–Crippen MR) is 63.2 cm³/mol. The van der Waals surface area contributed by atoms with Crippen LogP contribution < -0.4 is 0 Å². The van der Waals surface area contributed by atoms with Crippen molar-refractivity contribution in [1.29, 1.82) is 0 Å². The predicted octanol–water partition coefficient (Wildman–Crippen LogP) is 2.90. The van der Waals surface area contributed by atoms with E-state index in [4.69, 9.17) is 4.43 Å². The lowest BCUT2D eigenvalue weighted by molar-refractivity contribution is -0.136. The summed E-state index contributed by atoms with van der Waals surface area (Å²) in [5.41, 5.74) is 0. The van der Waals surface area contributed by atoms with Crippen LogP contribution in [0.1, 0.15) is 40.5 Å². The second kappa shape index (κ2) is 6.77. The van der Waals surface area contributed by atoms with Crippen molar-refractivity contribution in [3.63, 3.8) is 0 Å². The molecule has 0 radical (unpaired) electrons. The molecule has 0 aliphatic heterocycles. The SMILES string of the molecule is CC[Si](CC)(CC)OC(=O)CCC(C)=O. The van der Waals surface area contributed by atoms with Gasteiger partial charge in [0.05, 0.1) is 6.42 Å². The zero-order chi connectivity index (χ0) is 11.9. The third kappa shape index (κ3) is 5.11. The Labute approximate surface area is 93.3 Å². The molecule has 0 unspecified atom stereocenters. The van der Waals surface area contributed by atoms with Crippen LogP contribution in [0.15, 0.2) is 0 Å². The summed E-state index contributed by atoms with van der Waals surface area (Å²) in [6.45, 7) is 7.74. The van der Waals surface area contributed by atoms with Gasteiger partial charge in [-0.1, -0.05) is 20.8 Å². The van der Waals surface area contributed by atoms with Gasteiger partial charge in [0, 0.05) is 6.42 Å². The first kappa shape index (κ1) is 14.4. The number of carbonyl (C=O) groups is 2. The molecule has 3 nitrogen and oxygen atoms in total. The molecule has 0 saturated heterocycles. The third-order valence-electron chi connectivity index (χ3n) is 2.94. The molecule has 0 rings (SSSR count). The third-order valence-corrected chi connectivity index (χ3v) is 7.47. The van der Waals surface area contributed by atoms with Crippen molar-refractivity contribution in [2.75, 3.05) is 0 Å². The minimum Gasteiger partial charge on any atom is -0.519 e. The maximum atomic E-state index is 11.5. The largest absolute Gasteiger partial charge is 0.519 e. The van der Waals surface area contributed by atoms with E-state index < -0.39 is 8.32 Å². The van der Waals surface area contributed by atoms with E-state index >= 15 is 0 Å². The van der Waals surface area contributed by atoms with Crippen molar-refractivity contribution in [2.45, 2.75) is 58.7 Å². The highest BCUT2D eigenvalue weighted by atomic mass is 28.4. The van der Waals surface area contributed by atoms with E-state index in [2.05, 4.69) is 20.8 Å². The zero-order valence-electron chi connectivity index (χ0n) is 10.3. The van der Waals surface area contributed by atoms with Gasteiger partial charge in [0.2, 0.25) is 0 Å². The number of hydrogen-bond donors (Lipinski definition) is 0. The normalized spacial score (nSPS) is 11.2. The molecular formula is C11H22O3Si. The molecule has 0 aromatic carbocycles. The number of Topliss-reactive ketones (excluding diaryl/α,β-unsaturated/α-hetero) is 1. The Kier molecular flexibility index (Phi) is 6.48. The van der Waals surface area contributed by atoms with E-state index in [1.54, 1.807) is 0 Å². The van der Waals surface area contributed by atoms with Gasteiger partial charge < -0.3 is 9.22 Å². The Hall–Kier alpha value is -0.643. The number of rotatable bonds is 7. The van der Waals surface area contributed by atoms with Crippen molar-refractivity contribution in [3.8, 4) is 0 Å². The highest BCUT2D eigenvalue weighted by Gasteiger charge is 2.32. The number of hydrogen-bond acceptors (Lipinski definition) is 3. The maximum Gasteiger partial charge on any atom is 0.292 e. The Balaban J connectivity index is 4.17. The molecule has 0 amide bonds. The van der Waals surface area contributed by atoms with Gasteiger partial charge in [0.1, 0.15) is 5.78 Å². The van der Waals surface area contributed by atoms with Crippen LogP contribution in [-0.2, 0) is 14.0 Å². The fourth-order valence-electron chi connectivity index (χ4n) is 1.54. The molecule has 4 heteroatoms. The van der Waals surface area contributed by atoms with Crippen LogP contribution in [0.3, 0.4) is 0 Å². The maximum absolute atomic E-state index is 11.5. The number of carbonyl (C=O) groups excluding carboxylic acids is 2. The molecular weight excluding hydrogens is 208 g/mol. The Morgan fingerprint density at radius 1 is 1.00 bits per heavy atom. The summed E-state index contributed by atoms with van der Waals surface area (Å²) in [5.74, 6) is -0.147. The molecule has 0 aliphatic carbocycles. The van der Waals surface area contributed by atoms with Crippen molar-refractivity contribution >= 4 is 20.1 Å². The smallest absolute Gasteiger partial charge is 0.292 e. The van der Waals surface area contributed by atoms with E-state index in [9.17, 15) is 9.59 Å². The van der Waals surface area contributed by atoms with E-state index in [0.717, 1.165) is 18.1 Å². The monoisotopic (exact) mass is 230 g/mol. The summed E-state index contributed by atoms with van der Waals surface area (Å²) >= 11 is 0. The summed E-state index contributed by atoms with van der Waals surface area (Å²) in [6.07, 6.45) is 0.546. The van der Waals surface area contributed by atoms with Crippen molar-refractivity contribution in [1.82, 2.24) is 0 Å². The van der Waals surface area contributed by atoms with E-state index in [0.29, 0.717) is 6.42 Å². The molecule has 0 aliphatic rings. The van der Waals surface area contributed by atoms with Crippen LogP contribution in [0.5, 0.6) is 0 Å². The van der Waals surface area contributed by atoms with Gasteiger partial charge in [-0.25, -0.2) is 0 Å². The lowest BCUT2D eigenvalue weighted by Crippen LogP contribution is -2.38. The molecule has 0 spiro atoms. The average molecular weight is 230 g/mol. The van der Waals surface area contributed by atoms with Gasteiger partial charge >= 0.3 is 0 Å². The molecule has 88 valence electrons. The van der Waals surface area contributed by atoms with Crippen LogP contribution in [0.25, 0.3) is 0 Å². The molecule has 0 fully saturated rings. The first-order valence-corrected chi connectivity index (χ1v) is 8.24. The second-order valence-electron chi connectivity index (χ2n) is 3.92. The van der Waals surface area contributed by atoms with Crippen LogP contribution in [0, 0.1) is 0 Å². The van der Waals surface area contributed by atoms with Gasteiger partial charge in [-0.15, -0.1) is 0 Å². The summed E-state index contributed by atoms with van der Waals surface area (Å²) in [4.78, 5) is 22.2. The zero-order valence-corrected chi connectivity index (χ0v) is 11.3. The molecule has 0 aromatic rings. The summed E-state index contributed by atoms with van der Waals surface area (Å²) in [6, 6.07) is 2.89. The van der Waals surface area contributed by atoms with E-state index in [1.807, 2.05) is 0 Å². The van der Waals surface area contributed by atoms with Gasteiger partial charge in [0.15, 0.2) is 0 Å². The topological polar surface area (TPSA) is 43.4 Å². The molecule has 0 heterocycles. The van der Waals surface area contributed by atoms with Crippen LogP contribution in [-0.4, -0.2) is 20.1 Å². The molecule has 15 heavy (non-hydrogen) atoms. The summed E-state index contributed by atoms with van der Waals surface area (Å²) in [7, 11) is -1.81. The first-order valence-electron chi connectivity index (χ1n) is 5.71. The fourth-order valence-corrected chi connectivity index (χ4v) is 4.06. The van der Waals surface area contributed by atoms with Crippen LogP contribution in [0.2, 0.25) is 18.1 Å². The minimum atomic E-state index is -1.81. The lowest BCUT2D eigenvalue weighted by atomic mass is 10.2. The molecule has 0 saturated carbocycles. The van der Waals surface area contributed by atoms with Crippen molar-refractivity contribution in [2.24, 2.45) is 0 Å². The van der Waals surface area contributed by atoms with Gasteiger partial charge in [-0.05, 0) is 25.1 Å². The van der Waals surface area contributed by atoms with Gasteiger partial charge in [0.25, 0.3) is 14.3 Å². The highest BCUT2D eigenvalue weighted by molar-refractivity contribution is 6.74. The molecule has 0 bridgehead atoms. The van der Waals surface area contributed by atoms with Crippen molar-refractivity contribution in [3.05, 3.63) is 0 Å². The van der Waals surface area contributed by atoms with E-state index in [-0.39, 0.29) is 18.2 Å². The van der Waals surface area contributed by atoms with Crippen LogP contribution in [0.4, 0.5) is 0 Å². The average Bonchev–Trinajstić information content (AvgIpc) is 2.23. The lowest BCUT2D eigenvalue weighted by Gasteiger charge is -2.27. The van der Waals surface area contributed by atoms with E-state index in [1.165, 1.54) is 6.92 Å².